The normalized spacial score (nSPS) is 26.0. The largest absolute Gasteiger partial charge is 0.392 e. The van der Waals surface area contributed by atoms with Gasteiger partial charge in [0.25, 0.3) is 0 Å². The van der Waals surface area contributed by atoms with E-state index in [2.05, 4.69) is 26.1 Å². The van der Waals surface area contributed by atoms with Crippen LogP contribution in [0.25, 0.3) is 0 Å². The van der Waals surface area contributed by atoms with Gasteiger partial charge in [-0.2, -0.15) is 0 Å². The minimum Gasteiger partial charge on any atom is -0.392 e. The summed E-state index contributed by atoms with van der Waals surface area (Å²) in [5.41, 5.74) is 0. The molecule has 0 saturated heterocycles. The molecule has 0 radical (unpaired) electrons. The highest BCUT2D eigenvalue weighted by Gasteiger charge is 2.20. The number of aliphatic hydroxyl groups excluding tert-OH is 2. The van der Waals surface area contributed by atoms with Gasteiger partial charge in [-0.25, -0.2) is 0 Å². The fraction of sp³-hybridized carbons (Fsp3) is 1.00. The third-order valence-electron chi connectivity index (χ3n) is 4.74. The Balaban J connectivity index is 2.09. The second-order valence-corrected chi connectivity index (χ2v) is 6.68. The molecule has 3 N–H and O–H groups in total. The molecule has 1 aliphatic carbocycles. The molecule has 0 aromatic heterocycles. The van der Waals surface area contributed by atoms with Crippen LogP contribution in [0.3, 0.4) is 0 Å². The second kappa shape index (κ2) is 10.5. The highest BCUT2D eigenvalue weighted by Crippen LogP contribution is 2.25. The maximum absolute atomic E-state index is 10.0. The van der Waals surface area contributed by atoms with E-state index in [-0.39, 0.29) is 6.10 Å². The number of hydrogen-bond donors (Lipinski definition) is 3. The van der Waals surface area contributed by atoms with Gasteiger partial charge < -0.3 is 20.3 Å². The molecule has 1 aliphatic rings. The third kappa shape index (κ3) is 7.59. The lowest BCUT2D eigenvalue weighted by Crippen LogP contribution is -2.38. The van der Waals surface area contributed by atoms with E-state index in [1.807, 2.05) is 0 Å². The van der Waals surface area contributed by atoms with Crippen LogP contribution in [-0.4, -0.2) is 48.2 Å². The minimum absolute atomic E-state index is 0.318. The van der Waals surface area contributed by atoms with E-state index in [0.717, 1.165) is 31.6 Å². The Morgan fingerprint density at radius 3 is 2.48 bits per heavy atom. The summed E-state index contributed by atoms with van der Waals surface area (Å²) in [6.45, 7) is 7.90. The topological polar surface area (TPSA) is 61.7 Å². The van der Waals surface area contributed by atoms with Gasteiger partial charge in [0.2, 0.25) is 0 Å². The summed E-state index contributed by atoms with van der Waals surface area (Å²) in [7, 11) is 0. The van der Waals surface area contributed by atoms with Crippen molar-refractivity contribution in [1.29, 1.82) is 0 Å². The van der Waals surface area contributed by atoms with Crippen molar-refractivity contribution in [2.45, 2.75) is 77.6 Å². The summed E-state index contributed by atoms with van der Waals surface area (Å²) in [4.78, 5) is 0. The van der Waals surface area contributed by atoms with E-state index in [1.165, 1.54) is 12.8 Å². The van der Waals surface area contributed by atoms with Crippen molar-refractivity contribution < 1.29 is 14.9 Å². The summed E-state index contributed by atoms with van der Waals surface area (Å²) in [5.74, 6) is 1.09. The van der Waals surface area contributed by atoms with Crippen molar-refractivity contribution >= 4 is 0 Å². The van der Waals surface area contributed by atoms with Crippen molar-refractivity contribution in [2.75, 3.05) is 19.7 Å². The Kier molecular flexibility index (Phi) is 9.49. The molecule has 0 aromatic carbocycles. The van der Waals surface area contributed by atoms with Gasteiger partial charge in [0.1, 0.15) is 0 Å². The molecule has 1 saturated carbocycles. The van der Waals surface area contributed by atoms with Crippen LogP contribution in [-0.2, 0) is 4.74 Å². The molecule has 0 aliphatic heterocycles. The predicted octanol–water partition coefficient (Wildman–Crippen LogP) is 2.33. The maximum Gasteiger partial charge on any atom is 0.0897 e. The molecule has 4 nitrogen and oxygen atoms in total. The maximum atomic E-state index is 10.0. The van der Waals surface area contributed by atoms with E-state index < -0.39 is 6.10 Å². The first-order valence-electron chi connectivity index (χ1n) is 8.75. The fourth-order valence-electron chi connectivity index (χ4n) is 3.23. The predicted molar refractivity (Wildman–Crippen MR) is 86.3 cm³/mol. The monoisotopic (exact) mass is 301 g/mol. The van der Waals surface area contributed by atoms with Crippen LogP contribution in [0.5, 0.6) is 0 Å². The van der Waals surface area contributed by atoms with Crippen LogP contribution in [0.1, 0.15) is 59.3 Å². The number of rotatable bonds is 10. The number of nitrogens with one attached hydrogen (secondary N) is 1. The van der Waals surface area contributed by atoms with Gasteiger partial charge in [0, 0.05) is 13.1 Å². The molecular weight excluding hydrogens is 266 g/mol. The van der Waals surface area contributed by atoms with Crippen LogP contribution in [0.2, 0.25) is 0 Å². The van der Waals surface area contributed by atoms with Crippen molar-refractivity contribution in [2.24, 2.45) is 11.8 Å². The average molecular weight is 301 g/mol. The lowest BCUT2D eigenvalue weighted by Gasteiger charge is -2.28. The first-order valence-corrected chi connectivity index (χ1v) is 8.75. The summed E-state index contributed by atoms with van der Waals surface area (Å²) in [6.07, 6.45) is 6.27. The van der Waals surface area contributed by atoms with Crippen LogP contribution in [0.15, 0.2) is 0 Å². The first kappa shape index (κ1) is 18.9. The van der Waals surface area contributed by atoms with Gasteiger partial charge in [0.05, 0.1) is 24.9 Å². The minimum atomic E-state index is -0.490. The molecule has 0 amide bonds. The lowest BCUT2D eigenvalue weighted by molar-refractivity contribution is -0.0314. The van der Waals surface area contributed by atoms with Crippen LogP contribution < -0.4 is 5.32 Å². The zero-order valence-electron chi connectivity index (χ0n) is 14.1. The standard InChI is InChI=1S/C17H35NO3/c1-4-14(5-2)17(20)11-18-10-15(19)12-21-16-8-6-7-13(3)9-16/h13-20H,4-12H2,1-3H3. The quantitative estimate of drug-likeness (QED) is 0.579. The molecule has 0 spiro atoms. The van der Waals surface area contributed by atoms with Crippen LogP contribution in [0, 0.1) is 11.8 Å². The highest BCUT2D eigenvalue weighted by molar-refractivity contribution is 4.72. The molecule has 0 heterocycles. The van der Waals surface area contributed by atoms with Gasteiger partial charge in [-0.1, -0.05) is 46.5 Å². The third-order valence-corrected chi connectivity index (χ3v) is 4.74. The number of ether oxygens (including phenoxy) is 1. The van der Waals surface area contributed by atoms with E-state index in [1.54, 1.807) is 0 Å². The molecule has 1 rings (SSSR count). The number of aliphatic hydroxyl groups is 2. The summed E-state index contributed by atoms with van der Waals surface area (Å²) < 4.78 is 5.81. The molecule has 4 heteroatoms. The Morgan fingerprint density at radius 2 is 1.86 bits per heavy atom. The average Bonchev–Trinajstić information content (AvgIpc) is 2.46. The fourth-order valence-corrected chi connectivity index (χ4v) is 3.23. The van der Waals surface area contributed by atoms with Crippen molar-refractivity contribution in [3.8, 4) is 0 Å². The molecule has 4 unspecified atom stereocenters. The molecular formula is C17H35NO3. The Morgan fingerprint density at radius 1 is 1.14 bits per heavy atom. The summed E-state index contributed by atoms with van der Waals surface area (Å²) in [5, 5.41) is 23.1. The highest BCUT2D eigenvalue weighted by atomic mass is 16.5. The second-order valence-electron chi connectivity index (χ2n) is 6.68. The van der Waals surface area contributed by atoms with Crippen LogP contribution >= 0.6 is 0 Å². The van der Waals surface area contributed by atoms with Crippen molar-refractivity contribution in [3.63, 3.8) is 0 Å². The Bertz CT molecular complexity index is 258. The van der Waals surface area contributed by atoms with Gasteiger partial charge in [-0.05, 0) is 24.7 Å². The van der Waals surface area contributed by atoms with Crippen LogP contribution in [0.4, 0.5) is 0 Å². The van der Waals surface area contributed by atoms with E-state index in [9.17, 15) is 10.2 Å². The van der Waals surface area contributed by atoms with Crippen molar-refractivity contribution in [3.05, 3.63) is 0 Å². The van der Waals surface area contributed by atoms with Gasteiger partial charge in [-0.3, -0.25) is 0 Å². The summed E-state index contributed by atoms with van der Waals surface area (Å²) >= 11 is 0. The Labute approximate surface area is 130 Å². The molecule has 0 bridgehead atoms. The SMILES string of the molecule is CCC(CC)C(O)CNCC(O)COC1CCCC(C)C1. The molecule has 4 atom stereocenters. The number of hydrogen-bond acceptors (Lipinski definition) is 4. The van der Waals surface area contributed by atoms with E-state index in [0.29, 0.717) is 31.7 Å². The molecule has 0 aromatic rings. The van der Waals surface area contributed by atoms with E-state index in [4.69, 9.17) is 4.74 Å². The van der Waals surface area contributed by atoms with E-state index >= 15 is 0 Å². The smallest absolute Gasteiger partial charge is 0.0897 e. The Hall–Kier alpha value is -0.160. The van der Waals surface area contributed by atoms with Gasteiger partial charge in [-0.15, -0.1) is 0 Å². The zero-order valence-corrected chi connectivity index (χ0v) is 14.1. The molecule has 21 heavy (non-hydrogen) atoms. The van der Waals surface area contributed by atoms with Gasteiger partial charge in [0.15, 0.2) is 0 Å². The first-order chi connectivity index (χ1) is 10.1. The molecule has 126 valence electrons. The summed E-state index contributed by atoms with van der Waals surface area (Å²) in [6, 6.07) is 0. The zero-order chi connectivity index (χ0) is 15.7. The lowest BCUT2D eigenvalue weighted by atomic mass is 9.89. The van der Waals surface area contributed by atoms with Crippen molar-refractivity contribution in [1.82, 2.24) is 5.32 Å². The molecule has 1 fully saturated rings. The van der Waals surface area contributed by atoms with Gasteiger partial charge >= 0.3 is 0 Å².